The molecule has 2 rings (SSSR count). The van der Waals surface area contributed by atoms with Crippen LogP contribution in [0.25, 0.3) is 10.9 Å². The summed E-state index contributed by atoms with van der Waals surface area (Å²) in [6.07, 6.45) is -1.27. The number of para-hydroxylation sites is 1. The van der Waals surface area contributed by atoms with E-state index in [1.165, 1.54) is 19.1 Å². The van der Waals surface area contributed by atoms with Crippen LogP contribution in [0.5, 0.6) is 0 Å². The van der Waals surface area contributed by atoms with E-state index in [4.69, 9.17) is 5.11 Å². The number of carboxylic acid groups (broad SMARTS) is 1. The molecular weight excluding hydrogens is 281 g/mol. The average Bonchev–Trinajstić information content (AvgIpc) is 2.43. The number of aliphatic hydroxyl groups excluding tert-OH is 2. The lowest BCUT2D eigenvalue weighted by Crippen LogP contribution is -2.28. The van der Waals surface area contributed by atoms with Crippen molar-refractivity contribution in [1.82, 2.24) is 4.57 Å². The number of benzene rings is 1. The highest BCUT2D eigenvalue weighted by atomic mass is 19.1. The molecule has 0 fully saturated rings. The summed E-state index contributed by atoms with van der Waals surface area (Å²) in [7, 11) is 0. The number of nitrogens with zero attached hydrogens (tertiary/aromatic N) is 1. The Labute approximate surface area is 118 Å². The minimum absolute atomic E-state index is 0.0302. The average molecular weight is 295 g/mol. The summed E-state index contributed by atoms with van der Waals surface area (Å²) in [5.74, 6) is -2.17. The maximum absolute atomic E-state index is 14.1. The van der Waals surface area contributed by atoms with E-state index in [9.17, 15) is 24.2 Å². The van der Waals surface area contributed by atoms with Crippen LogP contribution in [0, 0.1) is 12.7 Å². The van der Waals surface area contributed by atoms with Crippen LogP contribution in [0.15, 0.2) is 23.0 Å². The molecule has 2 aromatic rings. The lowest BCUT2D eigenvalue weighted by atomic mass is 10.1. The van der Waals surface area contributed by atoms with Crippen molar-refractivity contribution in [3.63, 3.8) is 0 Å². The number of pyridine rings is 1. The Kier molecular flexibility index (Phi) is 4.06. The van der Waals surface area contributed by atoms with Gasteiger partial charge in [-0.2, -0.15) is 0 Å². The molecule has 112 valence electrons. The Morgan fingerprint density at radius 3 is 2.67 bits per heavy atom. The van der Waals surface area contributed by atoms with Gasteiger partial charge in [0.1, 0.15) is 11.5 Å². The van der Waals surface area contributed by atoms with Gasteiger partial charge in [0.15, 0.2) is 5.43 Å². The van der Waals surface area contributed by atoms with Gasteiger partial charge in [0.25, 0.3) is 0 Å². The van der Waals surface area contributed by atoms with Gasteiger partial charge in [0.05, 0.1) is 24.8 Å². The fourth-order valence-electron chi connectivity index (χ4n) is 2.32. The molecule has 0 saturated heterocycles. The summed E-state index contributed by atoms with van der Waals surface area (Å²) < 4.78 is 15.1. The van der Waals surface area contributed by atoms with Crippen LogP contribution in [0.2, 0.25) is 0 Å². The van der Waals surface area contributed by atoms with Gasteiger partial charge in [-0.15, -0.1) is 0 Å². The monoisotopic (exact) mass is 295 g/mol. The fraction of sp³-hybridized carbons (Fsp3) is 0.286. The van der Waals surface area contributed by atoms with Crippen molar-refractivity contribution in [3.8, 4) is 0 Å². The second-order valence-electron chi connectivity index (χ2n) is 4.69. The Balaban J connectivity index is 2.95. The van der Waals surface area contributed by atoms with Crippen molar-refractivity contribution in [2.75, 3.05) is 6.61 Å². The highest BCUT2D eigenvalue weighted by Crippen LogP contribution is 2.20. The molecule has 0 saturated carbocycles. The quantitative estimate of drug-likeness (QED) is 0.762. The highest BCUT2D eigenvalue weighted by Gasteiger charge is 2.22. The van der Waals surface area contributed by atoms with Gasteiger partial charge < -0.3 is 19.9 Å². The topological polar surface area (TPSA) is 99.8 Å². The highest BCUT2D eigenvalue weighted by molar-refractivity contribution is 5.92. The zero-order chi connectivity index (χ0) is 15.7. The predicted molar refractivity (Wildman–Crippen MR) is 73.0 cm³/mol. The van der Waals surface area contributed by atoms with Gasteiger partial charge in [-0.25, -0.2) is 9.18 Å². The van der Waals surface area contributed by atoms with Crippen LogP contribution in [0.3, 0.4) is 0 Å². The van der Waals surface area contributed by atoms with Crippen LogP contribution < -0.4 is 5.43 Å². The van der Waals surface area contributed by atoms with Gasteiger partial charge >= 0.3 is 5.97 Å². The zero-order valence-corrected chi connectivity index (χ0v) is 11.2. The molecule has 3 N–H and O–H groups in total. The van der Waals surface area contributed by atoms with Crippen molar-refractivity contribution in [2.45, 2.75) is 19.6 Å². The van der Waals surface area contributed by atoms with E-state index in [0.29, 0.717) is 0 Å². The summed E-state index contributed by atoms with van der Waals surface area (Å²) in [6, 6.07) is 3.84. The van der Waals surface area contributed by atoms with Crippen molar-refractivity contribution in [3.05, 3.63) is 45.5 Å². The number of hydrogen-bond donors (Lipinski definition) is 3. The molecule has 0 aliphatic carbocycles. The fourth-order valence-corrected chi connectivity index (χ4v) is 2.32. The number of aromatic carboxylic acids is 1. The Hall–Kier alpha value is -2.25. The third kappa shape index (κ3) is 2.53. The molecule has 7 heteroatoms. The van der Waals surface area contributed by atoms with E-state index in [1.807, 2.05) is 0 Å². The maximum Gasteiger partial charge on any atom is 0.352 e. The van der Waals surface area contributed by atoms with Crippen LogP contribution in [0.4, 0.5) is 4.39 Å². The summed E-state index contributed by atoms with van der Waals surface area (Å²) >= 11 is 0. The van der Waals surface area contributed by atoms with Crippen molar-refractivity contribution in [1.29, 1.82) is 0 Å². The summed E-state index contributed by atoms with van der Waals surface area (Å²) in [6.45, 7) is 0.384. The second kappa shape index (κ2) is 5.63. The molecule has 21 heavy (non-hydrogen) atoms. The van der Waals surface area contributed by atoms with Gasteiger partial charge in [-0.05, 0) is 19.1 Å². The zero-order valence-electron chi connectivity index (χ0n) is 11.2. The SMILES string of the molecule is Cc1c(C(=O)O)n(CC(O)CO)c2c(F)cccc2c1=O. The number of carboxylic acids is 1. The number of rotatable bonds is 4. The molecule has 1 unspecified atom stereocenters. The van der Waals surface area contributed by atoms with Crippen LogP contribution in [-0.2, 0) is 6.54 Å². The minimum Gasteiger partial charge on any atom is -0.477 e. The van der Waals surface area contributed by atoms with Crippen LogP contribution in [0.1, 0.15) is 16.1 Å². The summed E-state index contributed by atoms with van der Waals surface area (Å²) in [4.78, 5) is 23.6. The van der Waals surface area contributed by atoms with Gasteiger partial charge in [0, 0.05) is 10.9 Å². The number of fused-ring (bicyclic) bond motifs is 1. The predicted octanol–water partition coefficient (Wildman–Crippen LogP) is 0.500. The first-order valence-electron chi connectivity index (χ1n) is 6.22. The molecule has 1 aromatic carbocycles. The maximum atomic E-state index is 14.1. The van der Waals surface area contributed by atoms with Gasteiger partial charge in [-0.1, -0.05) is 6.07 Å². The van der Waals surface area contributed by atoms with E-state index in [2.05, 4.69) is 0 Å². The normalized spacial score (nSPS) is 12.6. The van der Waals surface area contributed by atoms with Gasteiger partial charge in [-0.3, -0.25) is 4.79 Å². The van der Waals surface area contributed by atoms with Crippen molar-refractivity contribution < 1.29 is 24.5 Å². The molecule has 0 bridgehead atoms. The third-order valence-corrected chi connectivity index (χ3v) is 3.27. The molecule has 1 heterocycles. The molecule has 1 aromatic heterocycles. The molecule has 1 atom stereocenters. The van der Waals surface area contributed by atoms with Gasteiger partial charge in [0.2, 0.25) is 0 Å². The lowest BCUT2D eigenvalue weighted by Gasteiger charge is -2.19. The van der Waals surface area contributed by atoms with E-state index in [-0.39, 0.29) is 23.0 Å². The molecule has 0 aliphatic rings. The molecule has 0 radical (unpaired) electrons. The first-order chi connectivity index (χ1) is 9.88. The molecule has 6 nitrogen and oxygen atoms in total. The summed E-state index contributed by atoms with van der Waals surface area (Å²) in [5, 5.41) is 27.8. The van der Waals surface area contributed by atoms with Crippen molar-refractivity contribution in [2.24, 2.45) is 0 Å². The Morgan fingerprint density at radius 2 is 2.10 bits per heavy atom. The third-order valence-electron chi connectivity index (χ3n) is 3.27. The molecule has 0 aliphatic heterocycles. The van der Waals surface area contributed by atoms with Crippen LogP contribution in [-0.4, -0.2) is 38.6 Å². The van der Waals surface area contributed by atoms with Crippen LogP contribution >= 0.6 is 0 Å². The van der Waals surface area contributed by atoms with E-state index in [0.717, 1.165) is 10.6 Å². The van der Waals surface area contributed by atoms with E-state index >= 15 is 0 Å². The first-order valence-corrected chi connectivity index (χ1v) is 6.22. The number of carbonyl (C=O) groups is 1. The van der Waals surface area contributed by atoms with E-state index in [1.54, 1.807) is 0 Å². The standard InChI is InChI=1S/C14H14FNO5/c1-7-11(14(20)21)16(5-8(18)6-17)12-9(13(7)19)3-2-4-10(12)15/h2-4,8,17-18H,5-6H2,1H3,(H,20,21). The number of halogens is 1. The number of hydrogen-bond acceptors (Lipinski definition) is 4. The van der Waals surface area contributed by atoms with E-state index < -0.39 is 35.6 Å². The lowest BCUT2D eigenvalue weighted by molar-refractivity contribution is 0.0654. The summed E-state index contributed by atoms with van der Waals surface area (Å²) in [5.41, 5.74) is -1.22. The number of aromatic nitrogens is 1. The minimum atomic E-state index is -1.40. The smallest absolute Gasteiger partial charge is 0.352 e. The number of aliphatic hydroxyl groups is 2. The molecule has 0 spiro atoms. The largest absolute Gasteiger partial charge is 0.477 e. The second-order valence-corrected chi connectivity index (χ2v) is 4.69. The Morgan fingerprint density at radius 1 is 1.43 bits per heavy atom. The molecular formula is C14H14FNO5. The Bertz CT molecular complexity index is 768. The first kappa shape index (κ1) is 15.1. The van der Waals surface area contributed by atoms with Crippen molar-refractivity contribution >= 4 is 16.9 Å². The molecule has 0 amide bonds.